The molecule has 2 aliphatic heterocycles. The molecule has 1 N–H and O–H groups in total. The quantitative estimate of drug-likeness (QED) is 0.819. The number of methoxy groups -OCH3 is 1. The third-order valence-electron chi connectivity index (χ3n) is 4.52. The van der Waals surface area contributed by atoms with Crippen LogP contribution in [-0.2, 0) is 9.47 Å². The lowest BCUT2D eigenvalue weighted by Gasteiger charge is -2.22. The van der Waals surface area contributed by atoms with Gasteiger partial charge in [0.15, 0.2) is 0 Å². The van der Waals surface area contributed by atoms with E-state index in [1.54, 1.807) is 13.2 Å². The highest BCUT2D eigenvalue weighted by Crippen LogP contribution is 2.34. The van der Waals surface area contributed by atoms with E-state index in [-0.39, 0.29) is 18.2 Å². The van der Waals surface area contributed by atoms with Gasteiger partial charge in [0.25, 0.3) is 0 Å². The molecule has 0 amide bonds. The number of hydrogen-bond donors (Lipinski definition) is 1. The maximum atomic E-state index is 9.90. The summed E-state index contributed by atoms with van der Waals surface area (Å²) in [6.45, 7) is 3.32. The molecule has 3 rings (SSSR count). The van der Waals surface area contributed by atoms with Gasteiger partial charge in [-0.2, -0.15) is 10.4 Å². The Morgan fingerprint density at radius 2 is 2.25 bits per heavy atom. The number of fused-ring (bicyclic) bond motifs is 1. The number of rotatable bonds is 5. The molecule has 0 bridgehead atoms. The van der Waals surface area contributed by atoms with Crippen molar-refractivity contribution in [2.75, 3.05) is 26.9 Å². The van der Waals surface area contributed by atoms with Gasteiger partial charge >= 0.3 is 0 Å². The Balaban J connectivity index is 1.94. The van der Waals surface area contributed by atoms with Gasteiger partial charge in [-0.1, -0.05) is 17.7 Å². The van der Waals surface area contributed by atoms with Crippen LogP contribution in [0.5, 0.6) is 0 Å². The zero-order valence-corrected chi connectivity index (χ0v) is 14.5. The molecule has 0 aromatic heterocycles. The SMILES string of the molecule is COCCOC1C(c2ccc(C#N)c(Cl)c2C)=NN2CC(O)CC12. The molecule has 3 atom stereocenters. The molecule has 128 valence electrons. The van der Waals surface area contributed by atoms with Crippen molar-refractivity contribution in [2.24, 2.45) is 5.10 Å². The van der Waals surface area contributed by atoms with E-state index in [0.29, 0.717) is 36.8 Å². The van der Waals surface area contributed by atoms with E-state index in [0.717, 1.165) is 16.8 Å². The average Bonchev–Trinajstić information content (AvgIpc) is 3.07. The Bertz CT molecular complexity index is 701. The van der Waals surface area contributed by atoms with Crippen LogP contribution in [0.1, 0.15) is 23.1 Å². The normalized spacial score (nSPS) is 25.5. The second kappa shape index (κ2) is 7.08. The fraction of sp³-hybridized carbons (Fsp3) is 0.529. The summed E-state index contributed by atoms with van der Waals surface area (Å²) in [7, 11) is 1.63. The minimum Gasteiger partial charge on any atom is -0.391 e. The van der Waals surface area contributed by atoms with E-state index in [1.165, 1.54) is 0 Å². The Kier molecular flexibility index (Phi) is 5.07. The summed E-state index contributed by atoms with van der Waals surface area (Å²) in [5.74, 6) is 0. The van der Waals surface area contributed by atoms with Crippen LogP contribution < -0.4 is 0 Å². The number of ether oxygens (including phenoxy) is 2. The van der Waals surface area contributed by atoms with Crippen LogP contribution >= 0.6 is 11.6 Å². The number of halogens is 1. The van der Waals surface area contributed by atoms with E-state index < -0.39 is 0 Å². The van der Waals surface area contributed by atoms with Crippen molar-refractivity contribution in [2.45, 2.75) is 31.6 Å². The molecule has 6 nitrogen and oxygen atoms in total. The van der Waals surface area contributed by atoms with Crippen molar-refractivity contribution in [3.63, 3.8) is 0 Å². The van der Waals surface area contributed by atoms with Gasteiger partial charge in [0, 0.05) is 19.1 Å². The second-order valence-electron chi connectivity index (χ2n) is 6.06. The van der Waals surface area contributed by atoms with Gasteiger partial charge in [-0.15, -0.1) is 0 Å². The number of hydrogen-bond acceptors (Lipinski definition) is 6. The van der Waals surface area contributed by atoms with Gasteiger partial charge in [-0.3, -0.25) is 5.01 Å². The monoisotopic (exact) mass is 349 g/mol. The Labute approximate surface area is 146 Å². The van der Waals surface area contributed by atoms with Crippen LogP contribution in [0.2, 0.25) is 5.02 Å². The van der Waals surface area contributed by atoms with Crippen LogP contribution in [0, 0.1) is 18.3 Å². The number of aliphatic hydroxyl groups excluding tert-OH is 1. The summed E-state index contributed by atoms with van der Waals surface area (Å²) in [4.78, 5) is 0. The first-order valence-corrected chi connectivity index (χ1v) is 8.28. The summed E-state index contributed by atoms with van der Waals surface area (Å²) < 4.78 is 11.1. The zero-order valence-electron chi connectivity index (χ0n) is 13.7. The molecule has 1 aromatic carbocycles. The Morgan fingerprint density at radius 1 is 1.46 bits per heavy atom. The van der Waals surface area contributed by atoms with Crippen molar-refractivity contribution in [1.82, 2.24) is 5.01 Å². The number of benzene rings is 1. The Morgan fingerprint density at radius 3 is 2.96 bits per heavy atom. The molecule has 1 aromatic rings. The highest BCUT2D eigenvalue weighted by molar-refractivity contribution is 6.33. The van der Waals surface area contributed by atoms with Gasteiger partial charge in [-0.05, 0) is 18.6 Å². The summed E-state index contributed by atoms with van der Waals surface area (Å²) in [5.41, 5.74) is 2.94. The van der Waals surface area contributed by atoms with Crippen molar-refractivity contribution < 1.29 is 14.6 Å². The number of hydrazone groups is 1. The topological polar surface area (TPSA) is 78.1 Å². The average molecular weight is 350 g/mol. The Hall–Kier alpha value is -1.65. The molecule has 2 aliphatic rings. The van der Waals surface area contributed by atoms with E-state index in [9.17, 15) is 5.11 Å². The smallest absolute Gasteiger partial charge is 0.124 e. The van der Waals surface area contributed by atoms with Crippen molar-refractivity contribution >= 4 is 17.3 Å². The van der Waals surface area contributed by atoms with Crippen molar-refractivity contribution in [3.8, 4) is 6.07 Å². The minimum absolute atomic E-state index is 0.0145. The molecule has 2 heterocycles. The van der Waals surface area contributed by atoms with E-state index in [1.807, 2.05) is 18.0 Å². The third kappa shape index (κ3) is 3.01. The highest BCUT2D eigenvalue weighted by atomic mass is 35.5. The molecule has 1 fully saturated rings. The maximum Gasteiger partial charge on any atom is 0.124 e. The van der Waals surface area contributed by atoms with Crippen LogP contribution in [0.4, 0.5) is 0 Å². The molecular weight excluding hydrogens is 330 g/mol. The largest absolute Gasteiger partial charge is 0.391 e. The molecule has 0 aliphatic carbocycles. The molecule has 0 saturated carbocycles. The van der Waals surface area contributed by atoms with Gasteiger partial charge in [0.05, 0.1) is 48.2 Å². The van der Waals surface area contributed by atoms with Crippen LogP contribution in [-0.4, -0.2) is 60.9 Å². The summed E-state index contributed by atoms with van der Waals surface area (Å²) in [5, 5.41) is 26.0. The van der Waals surface area contributed by atoms with Crippen LogP contribution in [0.3, 0.4) is 0 Å². The predicted octanol–water partition coefficient (Wildman–Crippen LogP) is 1.70. The standard InChI is InChI=1S/C17H20ClN3O3/c1-10-13(4-3-11(8-19)15(10)18)16-17(24-6-5-23-2)14-7-12(22)9-21(14)20-16/h3-4,12,14,17,22H,5-7,9H2,1-2H3. The first-order chi connectivity index (χ1) is 11.6. The van der Waals surface area contributed by atoms with Gasteiger partial charge in [-0.25, -0.2) is 0 Å². The van der Waals surface area contributed by atoms with E-state index in [4.69, 9.17) is 26.3 Å². The van der Waals surface area contributed by atoms with Crippen molar-refractivity contribution in [1.29, 1.82) is 5.26 Å². The van der Waals surface area contributed by atoms with E-state index in [2.05, 4.69) is 11.2 Å². The fourth-order valence-electron chi connectivity index (χ4n) is 3.30. The molecule has 7 heteroatoms. The summed E-state index contributed by atoms with van der Waals surface area (Å²) in [6.07, 6.45) is -0.0206. The zero-order chi connectivity index (χ0) is 17.3. The lowest BCUT2D eigenvalue weighted by Crippen LogP contribution is -2.36. The highest BCUT2D eigenvalue weighted by Gasteiger charge is 2.44. The summed E-state index contributed by atoms with van der Waals surface area (Å²) >= 11 is 6.30. The molecule has 0 radical (unpaired) electrons. The third-order valence-corrected chi connectivity index (χ3v) is 5.00. The fourth-order valence-corrected chi connectivity index (χ4v) is 3.51. The van der Waals surface area contributed by atoms with Crippen molar-refractivity contribution in [3.05, 3.63) is 33.8 Å². The predicted molar refractivity (Wildman–Crippen MR) is 90.2 cm³/mol. The van der Waals surface area contributed by atoms with Crippen LogP contribution in [0.25, 0.3) is 0 Å². The lowest BCUT2D eigenvalue weighted by molar-refractivity contribution is 0.0232. The van der Waals surface area contributed by atoms with Gasteiger partial charge < -0.3 is 14.6 Å². The first kappa shape index (κ1) is 17.2. The molecule has 24 heavy (non-hydrogen) atoms. The lowest BCUT2D eigenvalue weighted by atomic mass is 9.94. The number of aliphatic hydroxyl groups is 1. The number of nitriles is 1. The van der Waals surface area contributed by atoms with Crippen LogP contribution in [0.15, 0.2) is 17.2 Å². The van der Waals surface area contributed by atoms with E-state index >= 15 is 0 Å². The van der Waals surface area contributed by atoms with Gasteiger partial charge in [0.2, 0.25) is 0 Å². The first-order valence-electron chi connectivity index (χ1n) is 7.90. The number of nitrogens with zero attached hydrogens (tertiary/aromatic N) is 3. The molecular formula is C17H20ClN3O3. The summed E-state index contributed by atoms with van der Waals surface area (Å²) in [6, 6.07) is 5.68. The molecule has 1 saturated heterocycles. The second-order valence-corrected chi connectivity index (χ2v) is 6.44. The minimum atomic E-state index is -0.389. The molecule has 3 unspecified atom stereocenters. The molecule has 0 spiro atoms. The van der Waals surface area contributed by atoms with Gasteiger partial charge in [0.1, 0.15) is 12.2 Å². The maximum absolute atomic E-state index is 9.90.